The van der Waals surface area contributed by atoms with Gasteiger partial charge in [-0.15, -0.1) is 0 Å². The number of nitrogens with two attached hydrogens (primary N) is 1. The summed E-state index contributed by atoms with van der Waals surface area (Å²) in [6.45, 7) is -0.232. The molecule has 0 amide bonds. The molecule has 0 bridgehead atoms. The Kier molecular flexibility index (Phi) is 3.42. The molecular formula is C9H11NO3. The van der Waals surface area contributed by atoms with Crippen LogP contribution in [0, 0.1) is 0 Å². The van der Waals surface area contributed by atoms with Crippen molar-refractivity contribution in [3.05, 3.63) is 35.9 Å². The third-order valence-electron chi connectivity index (χ3n) is 1.49. The van der Waals surface area contributed by atoms with Crippen molar-refractivity contribution < 1.29 is 14.6 Å². The highest BCUT2D eigenvalue weighted by molar-refractivity contribution is 5.71. The van der Waals surface area contributed by atoms with Crippen molar-refractivity contribution >= 4 is 5.97 Å². The zero-order valence-corrected chi connectivity index (χ0v) is 7.01. The predicted molar refractivity (Wildman–Crippen MR) is 46.5 cm³/mol. The number of rotatable bonds is 3. The zero-order chi connectivity index (χ0) is 9.68. The van der Waals surface area contributed by atoms with Gasteiger partial charge >= 0.3 is 5.97 Å². The lowest BCUT2D eigenvalue weighted by atomic mass is 10.2. The van der Waals surface area contributed by atoms with Gasteiger partial charge in [-0.1, -0.05) is 30.3 Å². The van der Waals surface area contributed by atoms with E-state index in [4.69, 9.17) is 5.73 Å². The molecule has 0 aliphatic heterocycles. The van der Waals surface area contributed by atoms with Crippen molar-refractivity contribution in [1.29, 1.82) is 0 Å². The maximum atomic E-state index is 10.7. The van der Waals surface area contributed by atoms with Crippen LogP contribution in [0.5, 0.6) is 0 Å². The first kappa shape index (κ1) is 9.70. The summed E-state index contributed by atoms with van der Waals surface area (Å²) in [5.74, 6) is -0.628. The van der Waals surface area contributed by atoms with E-state index >= 15 is 0 Å². The fraction of sp³-hybridized carbons (Fsp3) is 0.222. The van der Waals surface area contributed by atoms with Gasteiger partial charge < -0.3 is 15.6 Å². The maximum Gasteiger partial charge on any atom is 0.322 e. The van der Waals surface area contributed by atoms with Gasteiger partial charge in [-0.25, -0.2) is 0 Å². The summed E-state index contributed by atoms with van der Waals surface area (Å²) in [4.78, 5) is 10.7. The van der Waals surface area contributed by atoms with Crippen molar-refractivity contribution in [2.45, 2.75) is 6.29 Å². The molecule has 0 radical (unpaired) electrons. The van der Waals surface area contributed by atoms with E-state index in [-0.39, 0.29) is 6.54 Å². The third kappa shape index (κ3) is 2.85. The van der Waals surface area contributed by atoms with Gasteiger partial charge in [-0.2, -0.15) is 0 Å². The molecule has 0 aliphatic rings. The van der Waals surface area contributed by atoms with E-state index < -0.39 is 12.3 Å². The molecule has 0 heterocycles. The van der Waals surface area contributed by atoms with Crippen LogP contribution in [0.25, 0.3) is 0 Å². The number of aliphatic hydroxyl groups is 1. The molecule has 1 atom stereocenters. The molecule has 0 spiro atoms. The van der Waals surface area contributed by atoms with Gasteiger partial charge in [0, 0.05) is 5.56 Å². The molecule has 4 nitrogen and oxygen atoms in total. The Morgan fingerprint density at radius 2 is 2.08 bits per heavy atom. The molecule has 0 aliphatic carbocycles. The van der Waals surface area contributed by atoms with E-state index in [1.54, 1.807) is 30.3 Å². The van der Waals surface area contributed by atoms with Crippen LogP contribution in [-0.2, 0) is 9.53 Å². The van der Waals surface area contributed by atoms with Crippen LogP contribution in [0.4, 0.5) is 0 Å². The number of hydrogen-bond donors (Lipinski definition) is 2. The molecule has 1 rings (SSSR count). The largest absolute Gasteiger partial charge is 0.431 e. The molecule has 3 N–H and O–H groups in total. The molecule has 1 unspecified atom stereocenters. The van der Waals surface area contributed by atoms with Gasteiger partial charge in [0.2, 0.25) is 6.29 Å². The van der Waals surface area contributed by atoms with Gasteiger partial charge in [0.1, 0.15) is 0 Å². The summed E-state index contributed by atoms with van der Waals surface area (Å²) in [5, 5.41) is 9.32. The summed E-state index contributed by atoms with van der Waals surface area (Å²) in [5.41, 5.74) is 5.54. The number of carbonyl (C=O) groups is 1. The number of aliphatic hydroxyl groups excluding tert-OH is 1. The molecule has 70 valence electrons. The van der Waals surface area contributed by atoms with E-state index in [0.717, 1.165) is 0 Å². The zero-order valence-electron chi connectivity index (χ0n) is 7.01. The Hall–Kier alpha value is -1.39. The molecule has 1 aromatic carbocycles. The number of ether oxygens (including phenoxy) is 1. The Morgan fingerprint density at radius 1 is 1.46 bits per heavy atom. The average molecular weight is 181 g/mol. The Labute approximate surface area is 75.9 Å². The minimum atomic E-state index is -1.22. The smallest absolute Gasteiger partial charge is 0.322 e. The number of benzene rings is 1. The highest BCUT2D eigenvalue weighted by atomic mass is 16.6. The van der Waals surface area contributed by atoms with Crippen LogP contribution in [0.1, 0.15) is 11.9 Å². The summed E-state index contributed by atoms with van der Waals surface area (Å²) in [6, 6.07) is 8.62. The third-order valence-corrected chi connectivity index (χ3v) is 1.49. The molecule has 0 saturated heterocycles. The first-order chi connectivity index (χ1) is 6.24. The molecule has 0 fully saturated rings. The van der Waals surface area contributed by atoms with Gasteiger partial charge in [0.25, 0.3) is 0 Å². The normalized spacial score (nSPS) is 12.2. The molecule has 13 heavy (non-hydrogen) atoms. The Morgan fingerprint density at radius 3 is 2.62 bits per heavy atom. The van der Waals surface area contributed by atoms with Crippen LogP contribution in [0.2, 0.25) is 0 Å². The highest BCUT2D eigenvalue weighted by Gasteiger charge is 2.10. The van der Waals surface area contributed by atoms with E-state index in [2.05, 4.69) is 4.74 Å². The summed E-state index contributed by atoms with van der Waals surface area (Å²) in [6.07, 6.45) is -1.22. The van der Waals surface area contributed by atoms with Crippen LogP contribution in [0.15, 0.2) is 30.3 Å². The first-order valence-corrected chi connectivity index (χ1v) is 3.86. The lowest BCUT2D eigenvalue weighted by Gasteiger charge is -2.10. The second kappa shape index (κ2) is 4.59. The average Bonchev–Trinajstić information content (AvgIpc) is 2.19. The number of carbonyl (C=O) groups excluding carboxylic acids is 1. The minimum Gasteiger partial charge on any atom is -0.431 e. The lowest BCUT2D eigenvalue weighted by molar-refractivity contribution is -0.167. The maximum absolute atomic E-state index is 10.7. The van der Waals surface area contributed by atoms with Crippen LogP contribution in [0.3, 0.4) is 0 Å². The van der Waals surface area contributed by atoms with Gasteiger partial charge in [0.05, 0.1) is 6.54 Å². The van der Waals surface area contributed by atoms with Crippen molar-refractivity contribution in [1.82, 2.24) is 0 Å². The number of hydrogen-bond acceptors (Lipinski definition) is 4. The molecule has 4 heteroatoms. The fourth-order valence-electron chi connectivity index (χ4n) is 0.858. The summed E-state index contributed by atoms with van der Waals surface area (Å²) in [7, 11) is 0. The van der Waals surface area contributed by atoms with Crippen molar-refractivity contribution in [2.75, 3.05) is 6.54 Å². The molecular weight excluding hydrogens is 170 g/mol. The monoisotopic (exact) mass is 181 g/mol. The van der Waals surface area contributed by atoms with Gasteiger partial charge in [0.15, 0.2) is 0 Å². The Balaban J connectivity index is 2.59. The molecule has 1 aromatic rings. The second-order valence-electron chi connectivity index (χ2n) is 2.46. The van der Waals surface area contributed by atoms with E-state index in [1.165, 1.54) is 0 Å². The Bertz CT molecular complexity index is 273. The van der Waals surface area contributed by atoms with Crippen molar-refractivity contribution in [3.63, 3.8) is 0 Å². The first-order valence-electron chi connectivity index (χ1n) is 3.86. The molecule has 0 aromatic heterocycles. The van der Waals surface area contributed by atoms with Crippen molar-refractivity contribution in [2.24, 2.45) is 5.73 Å². The van der Waals surface area contributed by atoms with Crippen LogP contribution in [-0.4, -0.2) is 17.6 Å². The highest BCUT2D eigenvalue weighted by Crippen LogP contribution is 2.12. The standard InChI is InChI=1S/C9H11NO3/c10-6-8(11)13-9(12)7-4-2-1-3-5-7/h1-5,9,12H,6,10H2. The van der Waals surface area contributed by atoms with E-state index in [1.807, 2.05) is 0 Å². The van der Waals surface area contributed by atoms with Gasteiger partial charge in [-0.3, -0.25) is 4.79 Å². The van der Waals surface area contributed by atoms with Crippen LogP contribution >= 0.6 is 0 Å². The summed E-state index contributed by atoms with van der Waals surface area (Å²) < 4.78 is 4.58. The lowest BCUT2D eigenvalue weighted by Crippen LogP contribution is -2.19. The minimum absolute atomic E-state index is 0.232. The predicted octanol–water partition coefficient (Wildman–Crippen LogP) is 0.179. The van der Waals surface area contributed by atoms with Crippen molar-refractivity contribution in [3.8, 4) is 0 Å². The topological polar surface area (TPSA) is 72.6 Å². The fourth-order valence-corrected chi connectivity index (χ4v) is 0.858. The molecule has 0 saturated carbocycles. The van der Waals surface area contributed by atoms with E-state index in [9.17, 15) is 9.90 Å². The van der Waals surface area contributed by atoms with Crippen LogP contribution < -0.4 is 5.73 Å². The second-order valence-corrected chi connectivity index (χ2v) is 2.46. The van der Waals surface area contributed by atoms with E-state index in [0.29, 0.717) is 5.56 Å². The summed E-state index contributed by atoms with van der Waals surface area (Å²) >= 11 is 0. The SMILES string of the molecule is NCC(=O)OC(O)c1ccccc1. The van der Waals surface area contributed by atoms with Gasteiger partial charge in [-0.05, 0) is 0 Å². The number of esters is 1. The quantitative estimate of drug-likeness (QED) is 0.515.